The van der Waals surface area contributed by atoms with E-state index in [0.717, 1.165) is 44.6 Å². The maximum Gasteiger partial charge on any atom is 0.165 e. The van der Waals surface area contributed by atoms with Crippen LogP contribution in [0, 0.1) is 11.7 Å². The maximum absolute atomic E-state index is 13.7. The van der Waals surface area contributed by atoms with Crippen LogP contribution in [0.25, 0.3) is 0 Å². The molecule has 1 fully saturated rings. The van der Waals surface area contributed by atoms with Crippen LogP contribution in [0.1, 0.15) is 38.3 Å². The minimum atomic E-state index is -0.522. The highest BCUT2D eigenvalue weighted by molar-refractivity contribution is 5.85. The quantitative estimate of drug-likeness (QED) is 0.874. The molecule has 21 heavy (non-hydrogen) atoms. The zero-order valence-electron chi connectivity index (χ0n) is 12.8. The number of phenolic OH excluding ortho intramolecular Hbond substituents is 1. The van der Waals surface area contributed by atoms with Gasteiger partial charge in [0, 0.05) is 37.8 Å². The fourth-order valence-corrected chi connectivity index (χ4v) is 3.21. The van der Waals surface area contributed by atoms with Gasteiger partial charge in [0.1, 0.15) is 0 Å². The summed E-state index contributed by atoms with van der Waals surface area (Å²) in [5.41, 5.74) is 0.729. The molecule has 0 saturated carbocycles. The van der Waals surface area contributed by atoms with Gasteiger partial charge in [-0.25, -0.2) is 4.39 Å². The molecule has 2 N–H and O–H groups in total. The molecule has 0 aromatic heterocycles. The molecule has 0 aliphatic carbocycles. The molecule has 1 aromatic rings. The molecular formula is C16H26ClFN2O. The summed E-state index contributed by atoms with van der Waals surface area (Å²) >= 11 is 0. The monoisotopic (exact) mass is 316 g/mol. The number of nitrogens with one attached hydrogen (secondary N) is 1. The van der Waals surface area contributed by atoms with Gasteiger partial charge in [-0.05, 0) is 18.4 Å². The molecule has 5 heteroatoms. The fourth-order valence-electron chi connectivity index (χ4n) is 3.21. The van der Waals surface area contributed by atoms with E-state index in [2.05, 4.69) is 24.1 Å². The van der Waals surface area contributed by atoms with E-state index < -0.39 is 5.82 Å². The van der Waals surface area contributed by atoms with Gasteiger partial charge in [0.25, 0.3) is 0 Å². The van der Waals surface area contributed by atoms with Gasteiger partial charge in [0.15, 0.2) is 11.6 Å². The third kappa shape index (κ3) is 4.31. The summed E-state index contributed by atoms with van der Waals surface area (Å²) < 4.78 is 13.7. The van der Waals surface area contributed by atoms with Crippen LogP contribution in [-0.4, -0.2) is 36.2 Å². The molecule has 1 unspecified atom stereocenters. The number of nitrogens with zero attached hydrogens (tertiary/aromatic N) is 1. The number of hydrogen-bond donors (Lipinski definition) is 2. The fraction of sp³-hybridized carbons (Fsp3) is 0.625. The Bertz CT molecular complexity index is 438. The number of para-hydroxylation sites is 1. The Hall–Kier alpha value is -0.840. The van der Waals surface area contributed by atoms with Crippen molar-refractivity contribution in [1.82, 2.24) is 10.2 Å². The first kappa shape index (κ1) is 18.2. The average Bonchev–Trinajstić information content (AvgIpc) is 2.45. The van der Waals surface area contributed by atoms with Gasteiger partial charge in [-0.15, -0.1) is 12.4 Å². The summed E-state index contributed by atoms with van der Waals surface area (Å²) in [7, 11) is 0. The summed E-state index contributed by atoms with van der Waals surface area (Å²) in [5.74, 6) is -0.309. The van der Waals surface area contributed by atoms with E-state index in [-0.39, 0.29) is 24.2 Å². The third-order valence-corrected chi connectivity index (χ3v) is 4.16. The zero-order valence-corrected chi connectivity index (χ0v) is 13.6. The van der Waals surface area contributed by atoms with Crippen LogP contribution in [0.4, 0.5) is 4.39 Å². The molecule has 0 bridgehead atoms. The van der Waals surface area contributed by atoms with Crippen molar-refractivity contribution in [3.05, 3.63) is 29.6 Å². The van der Waals surface area contributed by atoms with Crippen LogP contribution in [0.3, 0.4) is 0 Å². The summed E-state index contributed by atoms with van der Waals surface area (Å²) in [6.07, 6.45) is 2.17. The molecule has 120 valence electrons. The Kier molecular flexibility index (Phi) is 7.43. The second-order valence-corrected chi connectivity index (χ2v) is 5.67. The Morgan fingerprint density at radius 3 is 2.62 bits per heavy atom. The first-order valence-electron chi connectivity index (χ1n) is 7.57. The average molecular weight is 317 g/mol. The Morgan fingerprint density at radius 1 is 1.33 bits per heavy atom. The van der Waals surface area contributed by atoms with Crippen molar-refractivity contribution in [3.63, 3.8) is 0 Å². The topological polar surface area (TPSA) is 35.5 Å². The number of hydrogen-bond acceptors (Lipinski definition) is 3. The van der Waals surface area contributed by atoms with E-state index in [9.17, 15) is 9.50 Å². The summed E-state index contributed by atoms with van der Waals surface area (Å²) in [4.78, 5) is 2.37. The van der Waals surface area contributed by atoms with Gasteiger partial charge in [0.2, 0.25) is 0 Å². The Morgan fingerprint density at radius 2 is 2.00 bits per heavy atom. The first-order valence-corrected chi connectivity index (χ1v) is 7.57. The zero-order chi connectivity index (χ0) is 14.5. The van der Waals surface area contributed by atoms with Crippen molar-refractivity contribution in [3.8, 4) is 5.75 Å². The van der Waals surface area contributed by atoms with E-state index in [1.807, 2.05) is 6.07 Å². The molecule has 0 radical (unpaired) electrons. The van der Waals surface area contributed by atoms with Crippen molar-refractivity contribution >= 4 is 12.4 Å². The predicted molar refractivity (Wildman–Crippen MR) is 86.6 cm³/mol. The molecule has 1 saturated heterocycles. The molecule has 3 nitrogen and oxygen atoms in total. The highest BCUT2D eigenvalue weighted by Gasteiger charge is 2.29. The standard InChI is InChI=1S/C16H25FN2O.ClH/c1-3-5-12(2)15(19-10-8-18-9-11-19)13-6-4-7-14(17)16(13)20;/h4,6-7,12,15,18,20H,3,5,8-11H2,1-2H3;1H/t12?,15-;/m0./s1. The lowest BCUT2D eigenvalue weighted by Gasteiger charge is -2.39. The molecule has 1 heterocycles. The SMILES string of the molecule is CCCC(C)[C@@H](c1cccc(F)c1O)N1CCNCC1.Cl. The minimum absolute atomic E-state index is 0. The number of benzene rings is 1. The molecule has 1 aromatic carbocycles. The second-order valence-electron chi connectivity index (χ2n) is 5.67. The lowest BCUT2D eigenvalue weighted by molar-refractivity contribution is 0.123. The van der Waals surface area contributed by atoms with E-state index >= 15 is 0 Å². The summed E-state index contributed by atoms with van der Waals surface area (Å²) in [6, 6.07) is 4.96. The van der Waals surface area contributed by atoms with Gasteiger partial charge >= 0.3 is 0 Å². The van der Waals surface area contributed by atoms with Gasteiger partial charge in [-0.1, -0.05) is 32.4 Å². The van der Waals surface area contributed by atoms with Crippen molar-refractivity contribution in [2.75, 3.05) is 26.2 Å². The Balaban J connectivity index is 0.00000220. The van der Waals surface area contributed by atoms with Gasteiger partial charge in [0.05, 0.1) is 0 Å². The molecule has 0 spiro atoms. The summed E-state index contributed by atoms with van der Waals surface area (Å²) in [6.45, 7) is 8.14. The van der Waals surface area contributed by atoms with E-state index in [0.29, 0.717) is 5.92 Å². The summed E-state index contributed by atoms with van der Waals surface area (Å²) in [5, 5.41) is 13.4. The van der Waals surface area contributed by atoms with E-state index in [1.54, 1.807) is 6.07 Å². The molecule has 2 atom stereocenters. The van der Waals surface area contributed by atoms with Gasteiger partial charge in [-0.2, -0.15) is 0 Å². The van der Waals surface area contributed by atoms with Crippen LogP contribution in [0.15, 0.2) is 18.2 Å². The first-order chi connectivity index (χ1) is 9.65. The molecular weight excluding hydrogens is 291 g/mol. The van der Waals surface area contributed by atoms with Crippen molar-refractivity contribution in [2.45, 2.75) is 32.7 Å². The maximum atomic E-state index is 13.7. The van der Waals surface area contributed by atoms with Crippen LogP contribution < -0.4 is 5.32 Å². The van der Waals surface area contributed by atoms with Gasteiger partial charge in [-0.3, -0.25) is 4.90 Å². The Labute approximate surface area is 132 Å². The van der Waals surface area contributed by atoms with Crippen LogP contribution in [0.2, 0.25) is 0 Å². The highest BCUT2D eigenvalue weighted by atomic mass is 35.5. The smallest absolute Gasteiger partial charge is 0.165 e. The number of rotatable bonds is 5. The molecule has 0 amide bonds. The van der Waals surface area contributed by atoms with Crippen molar-refractivity contribution in [1.29, 1.82) is 0 Å². The molecule has 2 rings (SSSR count). The largest absolute Gasteiger partial charge is 0.505 e. The van der Waals surface area contributed by atoms with Crippen LogP contribution >= 0.6 is 12.4 Å². The number of phenols is 1. The minimum Gasteiger partial charge on any atom is -0.505 e. The van der Waals surface area contributed by atoms with Crippen molar-refractivity contribution < 1.29 is 9.50 Å². The lowest BCUT2D eigenvalue weighted by atomic mass is 9.88. The predicted octanol–water partition coefficient (Wildman–Crippen LogP) is 3.34. The third-order valence-electron chi connectivity index (χ3n) is 4.16. The van der Waals surface area contributed by atoms with Crippen LogP contribution in [-0.2, 0) is 0 Å². The van der Waals surface area contributed by atoms with Crippen molar-refractivity contribution in [2.24, 2.45) is 5.92 Å². The highest BCUT2D eigenvalue weighted by Crippen LogP contribution is 2.37. The van der Waals surface area contributed by atoms with E-state index in [4.69, 9.17) is 0 Å². The number of halogens is 2. The molecule has 1 aliphatic heterocycles. The normalized spacial score (nSPS) is 18.8. The van der Waals surface area contributed by atoms with Crippen LogP contribution in [0.5, 0.6) is 5.75 Å². The number of piperazine rings is 1. The molecule has 1 aliphatic rings. The van der Waals surface area contributed by atoms with E-state index in [1.165, 1.54) is 6.07 Å². The number of aromatic hydroxyl groups is 1. The lowest BCUT2D eigenvalue weighted by Crippen LogP contribution is -2.46. The second kappa shape index (κ2) is 8.57. The van der Waals surface area contributed by atoms with Gasteiger partial charge < -0.3 is 10.4 Å².